The quantitative estimate of drug-likeness (QED) is 0.783. The molecule has 0 fully saturated rings. The maximum Gasteiger partial charge on any atom is 0.340 e. The molecule has 5 heteroatoms. The highest BCUT2D eigenvalue weighted by Gasteiger charge is 2.21. The number of nitrogens with one attached hydrogen (secondary N) is 1. The first-order valence-electron chi connectivity index (χ1n) is 3.98. The van der Waals surface area contributed by atoms with Crippen molar-refractivity contribution in [2.75, 3.05) is 12.4 Å². The van der Waals surface area contributed by atoms with Gasteiger partial charge in [0, 0.05) is 7.05 Å². The third-order valence-electron chi connectivity index (χ3n) is 1.71. The molecular weight excluding hydrogens is 188 g/mol. The van der Waals surface area contributed by atoms with E-state index in [9.17, 15) is 4.79 Å². The molecule has 0 aliphatic rings. The van der Waals surface area contributed by atoms with Gasteiger partial charge in [0.25, 0.3) is 0 Å². The van der Waals surface area contributed by atoms with Gasteiger partial charge in [0.15, 0.2) is 0 Å². The van der Waals surface area contributed by atoms with Crippen LogP contribution in [0.15, 0.2) is 0 Å². The summed E-state index contributed by atoms with van der Waals surface area (Å²) < 4.78 is 4.11. The molecular formula is C8H12N2O2S. The summed E-state index contributed by atoms with van der Waals surface area (Å²) >= 11 is 1.19. The van der Waals surface area contributed by atoms with Gasteiger partial charge in [-0.2, -0.15) is 4.37 Å². The van der Waals surface area contributed by atoms with Crippen molar-refractivity contribution in [2.24, 2.45) is 0 Å². The molecule has 13 heavy (non-hydrogen) atoms. The first-order valence-corrected chi connectivity index (χ1v) is 4.75. The highest BCUT2D eigenvalue weighted by Crippen LogP contribution is 2.29. The second-order valence-corrected chi connectivity index (χ2v) is 3.76. The number of carboxylic acid groups (broad SMARTS) is 1. The molecule has 0 aliphatic carbocycles. The summed E-state index contributed by atoms with van der Waals surface area (Å²) in [5, 5.41) is 12.4. The van der Waals surface area contributed by atoms with Crippen LogP contribution < -0.4 is 5.32 Å². The standard InChI is InChI=1S/C8H12N2O2S/c1-4(2)6-5(8(11)12)7(9-3)13-10-6/h4,9H,1-3H3,(H,11,12). The zero-order chi connectivity index (χ0) is 10.0. The van der Waals surface area contributed by atoms with E-state index in [0.29, 0.717) is 16.3 Å². The maximum atomic E-state index is 10.9. The molecule has 72 valence electrons. The molecule has 0 spiro atoms. The smallest absolute Gasteiger partial charge is 0.340 e. The molecule has 1 aromatic heterocycles. The van der Waals surface area contributed by atoms with Gasteiger partial charge in [-0.15, -0.1) is 0 Å². The van der Waals surface area contributed by atoms with E-state index in [0.717, 1.165) is 0 Å². The number of hydrogen-bond donors (Lipinski definition) is 2. The Hall–Kier alpha value is -1.10. The van der Waals surface area contributed by atoms with Gasteiger partial charge in [-0.05, 0) is 17.5 Å². The Morgan fingerprint density at radius 3 is 2.62 bits per heavy atom. The van der Waals surface area contributed by atoms with Crippen LogP contribution in [0, 0.1) is 0 Å². The van der Waals surface area contributed by atoms with Crippen LogP contribution in [0.2, 0.25) is 0 Å². The van der Waals surface area contributed by atoms with Crippen molar-refractivity contribution >= 4 is 22.5 Å². The molecule has 0 atom stereocenters. The Labute approximate surface area is 80.8 Å². The molecule has 0 amide bonds. The van der Waals surface area contributed by atoms with Crippen molar-refractivity contribution < 1.29 is 9.90 Å². The number of aromatic carboxylic acids is 1. The lowest BCUT2D eigenvalue weighted by Gasteiger charge is -2.02. The van der Waals surface area contributed by atoms with Gasteiger partial charge < -0.3 is 10.4 Å². The second-order valence-electron chi connectivity index (χ2n) is 2.98. The lowest BCUT2D eigenvalue weighted by atomic mass is 10.1. The van der Waals surface area contributed by atoms with Gasteiger partial charge in [-0.1, -0.05) is 13.8 Å². The fourth-order valence-electron chi connectivity index (χ4n) is 1.07. The van der Waals surface area contributed by atoms with Gasteiger partial charge in [-0.3, -0.25) is 0 Å². The van der Waals surface area contributed by atoms with E-state index in [4.69, 9.17) is 5.11 Å². The van der Waals surface area contributed by atoms with Crippen molar-refractivity contribution in [3.8, 4) is 0 Å². The van der Waals surface area contributed by atoms with Crippen molar-refractivity contribution in [3.05, 3.63) is 11.3 Å². The summed E-state index contributed by atoms with van der Waals surface area (Å²) in [5.41, 5.74) is 0.962. The minimum atomic E-state index is -0.915. The minimum Gasteiger partial charge on any atom is -0.478 e. The van der Waals surface area contributed by atoms with Crippen LogP contribution in [-0.4, -0.2) is 22.5 Å². The van der Waals surface area contributed by atoms with Crippen LogP contribution in [0.3, 0.4) is 0 Å². The van der Waals surface area contributed by atoms with Gasteiger partial charge in [0.1, 0.15) is 10.6 Å². The normalized spacial score (nSPS) is 10.5. The molecule has 0 bridgehead atoms. The van der Waals surface area contributed by atoms with Crippen molar-refractivity contribution in [1.29, 1.82) is 0 Å². The third kappa shape index (κ3) is 1.80. The van der Waals surface area contributed by atoms with E-state index in [1.165, 1.54) is 11.5 Å². The average Bonchev–Trinajstić information content (AvgIpc) is 2.46. The number of carbonyl (C=O) groups is 1. The molecule has 1 heterocycles. The zero-order valence-corrected chi connectivity index (χ0v) is 8.60. The lowest BCUT2D eigenvalue weighted by Crippen LogP contribution is -2.04. The van der Waals surface area contributed by atoms with E-state index in [-0.39, 0.29) is 5.92 Å². The molecule has 4 nitrogen and oxygen atoms in total. The van der Waals surface area contributed by atoms with Crippen LogP contribution in [0.5, 0.6) is 0 Å². The summed E-state index contributed by atoms with van der Waals surface area (Å²) in [4.78, 5) is 10.9. The fraction of sp³-hybridized carbons (Fsp3) is 0.500. The molecule has 0 radical (unpaired) electrons. The Kier molecular flexibility index (Phi) is 2.87. The Balaban J connectivity index is 3.22. The second kappa shape index (κ2) is 3.74. The van der Waals surface area contributed by atoms with Crippen LogP contribution in [0.4, 0.5) is 5.00 Å². The summed E-state index contributed by atoms with van der Waals surface area (Å²) in [5.74, 6) is -0.772. The maximum absolute atomic E-state index is 10.9. The monoisotopic (exact) mass is 200 g/mol. The molecule has 0 aromatic carbocycles. The van der Waals surface area contributed by atoms with Gasteiger partial charge in [0.2, 0.25) is 0 Å². The number of carboxylic acids is 1. The highest BCUT2D eigenvalue weighted by molar-refractivity contribution is 7.10. The van der Waals surface area contributed by atoms with Crippen molar-refractivity contribution in [1.82, 2.24) is 4.37 Å². The molecule has 0 saturated carbocycles. The largest absolute Gasteiger partial charge is 0.478 e. The molecule has 0 aliphatic heterocycles. The molecule has 0 saturated heterocycles. The van der Waals surface area contributed by atoms with Gasteiger partial charge in [0.05, 0.1) is 5.69 Å². The SMILES string of the molecule is CNc1snc(C(C)C)c1C(=O)O. The number of anilines is 1. The van der Waals surface area contributed by atoms with Crippen molar-refractivity contribution in [2.45, 2.75) is 19.8 Å². The average molecular weight is 200 g/mol. The van der Waals surface area contributed by atoms with E-state index in [1.807, 2.05) is 13.8 Å². The van der Waals surface area contributed by atoms with Crippen molar-refractivity contribution in [3.63, 3.8) is 0 Å². The van der Waals surface area contributed by atoms with E-state index in [2.05, 4.69) is 9.69 Å². The highest BCUT2D eigenvalue weighted by atomic mass is 32.1. The number of aromatic nitrogens is 1. The van der Waals surface area contributed by atoms with Crippen LogP contribution >= 0.6 is 11.5 Å². The summed E-state index contributed by atoms with van der Waals surface area (Å²) in [6, 6.07) is 0. The summed E-state index contributed by atoms with van der Waals surface area (Å²) in [7, 11) is 1.70. The topological polar surface area (TPSA) is 62.2 Å². The minimum absolute atomic E-state index is 0.143. The summed E-state index contributed by atoms with van der Waals surface area (Å²) in [6.45, 7) is 3.86. The third-order valence-corrected chi connectivity index (χ3v) is 2.59. The predicted octanol–water partition coefficient (Wildman–Crippen LogP) is 2.01. The Morgan fingerprint density at radius 1 is 1.62 bits per heavy atom. The molecule has 0 unspecified atom stereocenters. The van der Waals surface area contributed by atoms with E-state index in [1.54, 1.807) is 7.05 Å². The fourth-order valence-corrected chi connectivity index (χ4v) is 1.94. The Bertz CT molecular complexity index is 320. The van der Waals surface area contributed by atoms with Crippen LogP contribution in [0.1, 0.15) is 35.8 Å². The number of rotatable bonds is 3. The zero-order valence-electron chi connectivity index (χ0n) is 7.79. The molecule has 2 N–H and O–H groups in total. The lowest BCUT2D eigenvalue weighted by molar-refractivity contribution is 0.0696. The van der Waals surface area contributed by atoms with Gasteiger partial charge in [-0.25, -0.2) is 4.79 Å². The van der Waals surface area contributed by atoms with Crippen LogP contribution in [-0.2, 0) is 0 Å². The van der Waals surface area contributed by atoms with E-state index < -0.39 is 5.97 Å². The predicted molar refractivity (Wildman–Crippen MR) is 52.7 cm³/mol. The molecule has 1 rings (SSSR count). The first kappa shape index (κ1) is 9.98. The number of hydrogen-bond acceptors (Lipinski definition) is 4. The molecule has 1 aromatic rings. The number of nitrogens with zero attached hydrogens (tertiary/aromatic N) is 1. The van der Waals surface area contributed by atoms with Crippen LogP contribution in [0.25, 0.3) is 0 Å². The first-order chi connectivity index (χ1) is 6.07. The summed E-state index contributed by atoms with van der Waals surface area (Å²) in [6.07, 6.45) is 0. The van der Waals surface area contributed by atoms with Gasteiger partial charge >= 0.3 is 5.97 Å². The van der Waals surface area contributed by atoms with E-state index >= 15 is 0 Å². The Morgan fingerprint density at radius 2 is 2.23 bits per heavy atom.